The number of fused-ring (bicyclic) bond motifs is 1. The van der Waals surface area contributed by atoms with Crippen LogP contribution >= 0.6 is 0 Å². The number of hydrogen-bond acceptors (Lipinski definition) is 5. The van der Waals surface area contributed by atoms with Gasteiger partial charge in [0.25, 0.3) is 10.0 Å². The zero-order valence-corrected chi connectivity index (χ0v) is 18.0. The van der Waals surface area contributed by atoms with E-state index in [1.54, 1.807) is 12.4 Å². The van der Waals surface area contributed by atoms with Crippen molar-refractivity contribution in [1.82, 2.24) is 14.4 Å². The van der Waals surface area contributed by atoms with Gasteiger partial charge in [-0.25, -0.2) is 4.39 Å². The van der Waals surface area contributed by atoms with Crippen molar-refractivity contribution in [3.8, 4) is 0 Å². The summed E-state index contributed by atoms with van der Waals surface area (Å²) >= 11 is 0. The van der Waals surface area contributed by atoms with Crippen LogP contribution in [-0.4, -0.2) is 28.5 Å². The molecule has 5 rings (SSSR count). The first kappa shape index (κ1) is 20.3. The molecule has 1 aromatic heterocycles. The highest BCUT2D eigenvalue weighted by Gasteiger charge is 2.38. The van der Waals surface area contributed by atoms with Gasteiger partial charge in [0.15, 0.2) is 0 Å². The standard InChI is InChI=1S/C24H19FN4O2S/c1-16-4-2-3-5-20(16)22-15-24(17-6-11-21-23(14-17)27-13-12-26-21)29(28-22)32(30,31)19-9-7-18(25)8-10-19/h2-14,24H,15H2,1H3. The van der Waals surface area contributed by atoms with E-state index in [9.17, 15) is 12.8 Å². The first-order chi connectivity index (χ1) is 15.4. The topological polar surface area (TPSA) is 75.5 Å². The van der Waals surface area contributed by atoms with Gasteiger partial charge in [-0.3, -0.25) is 9.97 Å². The van der Waals surface area contributed by atoms with Gasteiger partial charge >= 0.3 is 0 Å². The molecule has 160 valence electrons. The molecule has 6 nitrogen and oxygen atoms in total. The summed E-state index contributed by atoms with van der Waals surface area (Å²) in [6.07, 6.45) is 3.61. The second kappa shape index (κ2) is 7.80. The number of nitrogens with zero attached hydrogens (tertiary/aromatic N) is 4. The van der Waals surface area contributed by atoms with Crippen LogP contribution in [0.4, 0.5) is 4.39 Å². The first-order valence-electron chi connectivity index (χ1n) is 10.1. The number of aromatic nitrogens is 2. The summed E-state index contributed by atoms with van der Waals surface area (Å²) in [6, 6.07) is 17.5. The summed E-state index contributed by atoms with van der Waals surface area (Å²) in [6.45, 7) is 1.97. The predicted octanol–water partition coefficient (Wildman–Crippen LogP) is 4.62. The van der Waals surface area contributed by atoms with Gasteiger partial charge in [0.2, 0.25) is 0 Å². The second-order valence-corrected chi connectivity index (χ2v) is 9.41. The molecule has 1 aliphatic rings. The first-order valence-corrected chi connectivity index (χ1v) is 11.5. The van der Waals surface area contributed by atoms with E-state index in [0.717, 1.165) is 38.8 Å². The molecule has 8 heteroatoms. The Morgan fingerprint density at radius 1 is 0.938 bits per heavy atom. The van der Waals surface area contributed by atoms with Crippen LogP contribution < -0.4 is 0 Å². The fourth-order valence-electron chi connectivity index (χ4n) is 3.92. The average Bonchev–Trinajstić information content (AvgIpc) is 3.25. The molecule has 0 amide bonds. The lowest BCUT2D eigenvalue weighted by molar-refractivity contribution is 0.371. The van der Waals surface area contributed by atoms with Gasteiger partial charge < -0.3 is 0 Å². The summed E-state index contributed by atoms with van der Waals surface area (Å²) in [4.78, 5) is 8.62. The highest BCUT2D eigenvalue weighted by molar-refractivity contribution is 7.89. The number of hydrazone groups is 1. The average molecular weight is 447 g/mol. The molecule has 0 radical (unpaired) electrons. The molecular weight excluding hydrogens is 427 g/mol. The minimum atomic E-state index is -4.02. The molecule has 0 N–H and O–H groups in total. The van der Waals surface area contributed by atoms with Crippen molar-refractivity contribution in [2.45, 2.75) is 24.3 Å². The van der Waals surface area contributed by atoms with Crippen LogP contribution in [0.3, 0.4) is 0 Å². The van der Waals surface area contributed by atoms with Gasteiger partial charge in [-0.15, -0.1) is 0 Å². The molecule has 2 heterocycles. The minimum Gasteiger partial charge on any atom is -0.253 e. The van der Waals surface area contributed by atoms with E-state index in [-0.39, 0.29) is 4.90 Å². The zero-order valence-electron chi connectivity index (χ0n) is 17.2. The Morgan fingerprint density at radius 3 is 2.41 bits per heavy atom. The van der Waals surface area contributed by atoms with Crippen LogP contribution in [0.15, 0.2) is 89.1 Å². The lowest BCUT2D eigenvalue weighted by Crippen LogP contribution is -2.27. The smallest absolute Gasteiger partial charge is 0.253 e. The molecular formula is C24H19FN4O2S. The van der Waals surface area contributed by atoms with Crippen molar-refractivity contribution in [3.05, 3.63) is 102 Å². The van der Waals surface area contributed by atoms with Crippen LogP contribution in [0.25, 0.3) is 11.0 Å². The molecule has 3 aromatic carbocycles. The summed E-state index contributed by atoms with van der Waals surface area (Å²) in [5, 5.41) is 4.56. The van der Waals surface area contributed by atoms with Crippen molar-refractivity contribution in [2.75, 3.05) is 0 Å². The Hall–Kier alpha value is -3.65. The van der Waals surface area contributed by atoms with Crippen molar-refractivity contribution in [2.24, 2.45) is 5.10 Å². The molecule has 0 bridgehead atoms. The third kappa shape index (κ3) is 3.52. The van der Waals surface area contributed by atoms with Gasteiger partial charge in [0.1, 0.15) is 5.82 Å². The Labute approximate surface area is 185 Å². The van der Waals surface area contributed by atoms with Crippen molar-refractivity contribution >= 4 is 26.8 Å². The summed E-state index contributed by atoms with van der Waals surface area (Å²) in [5.74, 6) is -0.501. The quantitative estimate of drug-likeness (QED) is 0.459. The predicted molar refractivity (Wildman–Crippen MR) is 120 cm³/mol. The monoisotopic (exact) mass is 446 g/mol. The third-order valence-electron chi connectivity index (χ3n) is 5.56. The van der Waals surface area contributed by atoms with Crippen LogP contribution in [0.1, 0.15) is 29.2 Å². The summed E-state index contributed by atoms with van der Waals surface area (Å²) in [5.41, 5.74) is 4.75. The maximum atomic E-state index is 13.5. The maximum absolute atomic E-state index is 13.5. The van der Waals surface area contributed by atoms with Gasteiger partial charge in [-0.05, 0) is 54.4 Å². The van der Waals surface area contributed by atoms with E-state index >= 15 is 0 Å². The number of rotatable bonds is 4. The Bertz CT molecular complexity index is 1450. The number of sulfonamides is 1. The molecule has 1 atom stereocenters. The molecule has 1 unspecified atom stereocenters. The zero-order chi connectivity index (χ0) is 22.3. The number of halogens is 1. The number of aryl methyl sites for hydroxylation is 1. The lowest BCUT2D eigenvalue weighted by atomic mass is 9.96. The summed E-state index contributed by atoms with van der Waals surface area (Å²) < 4.78 is 41.6. The highest BCUT2D eigenvalue weighted by Crippen LogP contribution is 2.38. The molecule has 0 spiro atoms. The Balaban J connectivity index is 1.64. The van der Waals surface area contributed by atoms with Gasteiger partial charge in [-0.2, -0.15) is 17.9 Å². The highest BCUT2D eigenvalue weighted by atomic mass is 32.2. The second-order valence-electron chi connectivity index (χ2n) is 7.62. The molecule has 0 aliphatic carbocycles. The van der Waals surface area contributed by atoms with E-state index in [1.165, 1.54) is 12.1 Å². The van der Waals surface area contributed by atoms with Crippen molar-refractivity contribution in [3.63, 3.8) is 0 Å². The fourth-order valence-corrected chi connectivity index (χ4v) is 5.35. The molecule has 0 saturated carbocycles. The largest absolute Gasteiger partial charge is 0.279 e. The van der Waals surface area contributed by atoms with Crippen LogP contribution in [-0.2, 0) is 10.0 Å². The summed E-state index contributed by atoms with van der Waals surface area (Å²) in [7, 11) is -4.02. The Morgan fingerprint density at radius 2 is 1.66 bits per heavy atom. The van der Waals surface area contributed by atoms with Crippen LogP contribution in [0, 0.1) is 12.7 Å². The van der Waals surface area contributed by atoms with E-state index < -0.39 is 21.9 Å². The van der Waals surface area contributed by atoms with Gasteiger partial charge in [-0.1, -0.05) is 30.3 Å². The van der Waals surface area contributed by atoms with Crippen molar-refractivity contribution in [1.29, 1.82) is 0 Å². The van der Waals surface area contributed by atoms with E-state index in [2.05, 4.69) is 15.1 Å². The van der Waals surface area contributed by atoms with Crippen molar-refractivity contribution < 1.29 is 12.8 Å². The molecule has 0 saturated heterocycles. The van der Waals surface area contributed by atoms with E-state index in [0.29, 0.717) is 17.6 Å². The lowest BCUT2D eigenvalue weighted by Gasteiger charge is -2.23. The SMILES string of the molecule is Cc1ccccc1C1=NN(S(=O)(=O)c2ccc(F)cc2)C(c2ccc3nccnc3c2)C1. The van der Waals surface area contributed by atoms with Crippen LogP contribution in [0.2, 0.25) is 0 Å². The third-order valence-corrected chi connectivity index (χ3v) is 7.26. The van der Waals surface area contributed by atoms with Crippen LogP contribution in [0.5, 0.6) is 0 Å². The molecule has 0 fully saturated rings. The van der Waals surface area contributed by atoms with E-state index in [4.69, 9.17) is 0 Å². The maximum Gasteiger partial charge on any atom is 0.279 e. The Kier molecular flexibility index (Phi) is 4.94. The number of hydrogen-bond donors (Lipinski definition) is 0. The fraction of sp³-hybridized carbons (Fsp3) is 0.125. The van der Waals surface area contributed by atoms with E-state index in [1.807, 2.05) is 49.4 Å². The molecule has 32 heavy (non-hydrogen) atoms. The van der Waals surface area contributed by atoms with Gasteiger partial charge in [0, 0.05) is 24.4 Å². The molecule has 1 aliphatic heterocycles. The minimum absolute atomic E-state index is 0.0146. The number of benzene rings is 3. The normalized spacial score (nSPS) is 16.4. The van der Waals surface area contributed by atoms with Gasteiger partial charge in [0.05, 0.1) is 27.7 Å². The molecule has 4 aromatic rings.